The van der Waals surface area contributed by atoms with Crippen LogP contribution in [-0.4, -0.2) is 70.0 Å². The zero-order chi connectivity index (χ0) is 18.5. The highest BCUT2D eigenvalue weighted by atomic mass is 127. The second-order valence-electron chi connectivity index (χ2n) is 6.08. The van der Waals surface area contributed by atoms with E-state index < -0.39 is 0 Å². The van der Waals surface area contributed by atoms with Gasteiger partial charge in [0, 0.05) is 58.2 Å². The lowest BCUT2D eigenvalue weighted by Gasteiger charge is -2.13. The molecule has 1 aromatic rings. The Kier molecular flexibility index (Phi) is 12.7. The highest BCUT2D eigenvalue weighted by Crippen LogP contribution is 2.12. The molecule has 2 heterocycles. The van der Waals surface area contributed by atoms with E-state index >= 15 is 0 Å². The van der Waals surface area contributed by atoms with E-state index in [0.717, 1.165) is 45.8 Å². The van der Waals surface area contributed by atoms with Crippen molar-refractivity contribution < 1.29 is 14.3 Å². The Morgan fingerprint density at radius 3 is 2.85 bits per heavy atom. The van der Waals surface area contributed by atoms with Crippen LogP contribution in [0.3, 0.4) is 0 Å². The van der Waals surface area contributed by atoms with Crippen molar-refractivity contribution in [1.82, 2.24) is 20.9 Å². The fourth-order valence-electron chi connectivity index (χ4n) is 2.52. The van der Waals surface area contributed by atoms with Crippen molar-refractivity contribution in [3.05, 3.63) is 30.1 Å². The van der Waals surface area contributed by atoms with Crippen LogP contribution in [0.25, 0.3) is 0 Å². The minimum absolute atomic E-state index is 0. The third-order valence-electron chi connectivity index (χ3n) is 3.99. The molecule has 1 atom stereocenters. The number of carbonyl (C=O) groups excluding carboxylic acids is 1. The number of amides is 1. The Bertz CT molecular complexity index is 553. The Hall–Kier alpha value is -1.46. The number of carbonyl (C=O) groups is 1. The molecule has 1 amide bonds. The first-order chi connectivity index (χ1) is 12.8. The molecule has 8 nitrogen and oxygen atoms in total. The van der Waals surface area contributed by atoms with Gasteiger partial charge in [0.15, 0.2) is 5.96 Å². The van der Waals surface area contributed by atoms with E-state index in [9.17, 15) is 4.79 Å². The summed E-state index contributed by atoms with van der Waals surface area (Å²) in [5.74, 6) is 1.14. The largest absolute Gasteiger partial charge is 0.381 e. The second kappa shape index (κ2) is 14.6. The van der Waals surface area contributed by atoms with Crippen molar-refractivity contribution in [2.24, 2.45) is 10.9 Å². The maximum absolute atomic E-state index is 11.9. The molecule has 1 aromatic heterocycles. The van der Waals surface area contributed by atoms with Crippen LogP contribution in [-0.2, 0) is 9.47 Å². The van der Waals surface area contributed by atoms with Crippen molar-refractivity contribution in [2.75, 3.05) is 53.1 Å². The Morgan fingerprint density at radius 2 is 2.15 bits per heavy atom. The quantitative estimate of drug-likeness (QED) is 0.196. The fraction of sp³-hybridized carbons (Fsp3) is 0.611. The monoisotopic (exact) mass is 491 g/mol. The Morgan fingerprint density at radius 1 is 1.33 bits per heavy atom. The Labute approximate surface area is 177 Å². The number of aromatic nitrogens is 1. The van der Waals surface area contributed by atoms with E-state index in [0.29, 0.717) is 30.5 Å². The van der Waals surface area contributed by atoms with E-state index in [1.54, 1.807) is 31.6 Å². The van der Waals surface area contributed by atoms with Crippen molar-refractivity contribution in [2.45, 2.75) is 12.8 Å². The van der Waals surface area contributed by atoms with Gasteiger partial charge in [0.1, 0.15) is 0 Å². The van der Waals surface area contributed by atoms with Gasteiger partial charge in [0.05, 0.1) is 18.8 Å². The van der Waals surface area contributed by atoms with Gasteiger partial charge < -0.3 is 25.4 Å². The molecule has 152 valence electrons. The maximum atomic E-state index is 11.9. The summed E-state index contributed by atoms with van der Waals surface area (Å²) >= 11 is 0. The first kappa shape index (κ1) is 23.6. The van der Waals surface area contributed by atoms with Crippen LogP contribution in [0.1, 0.15) is 23.2 Å². The summed E-state index contributed by atoms with van der Waals surface area (Å²) < 4.78 is 11.0. The number of guanidine groups is 1. The molecule has 1 aliphatic heterocycles. The van der Waals surface area contributed by atoms with E-state index in [2.05, 4.69) is 25.9 Å². The van der Waals surface area contributed by atoms with Gasteiger partial charge in [-0.2, -0.15) is 0 Å². The van der Waals surface area contributed by atoms with Crippen molar-refractivity contribution in [3.8, 4) is 0 Å². The molecular weight excluding hydrogens is 461 g/mol. The zero-order valence-electron chi connectivity index (χ0n) is 15.8. The Balaban J connectivity index is 0.00000364. The molecule has 0 aromatic carbocycles. The van der Waals surface area contributed by atoms with Gasteiger partial charge in [-0.15, -0.1) is 24.0 Å². The number of hydrogen-bond donors (Lipinski definition) is 3. The van der Waals surface area contributed by atoms with Gasteiger partial charge in [0.2, 0.25) is 0 Å². The predicted octanol–water partition coefficient (Wildman–Crippen LogP) is 1.04. The number of pyridine rings is 1. The zero-order valence-corrected chi connectivity index (χ0v) is 18.1. The van der Waals surface area contributed by atoms with Gasteiger partial charge in [-0.1, -0.05) is 0 Å². The molecule has 27 heavy (non-hydrogen) atoms. The SMILES string of the molecule is CN=C(NCCCOCC1CCOC1)NCCNC(=O)c1cccnc1.I. The smallest absolute Gasteiger partial charge is 0.252 e. The molecule has 3 N–H and O–H groups in total. The predicted molar refractivity (Wildman–Crippen MR) is 116 cm³/mol. The van der Waals surface area contributed by atoms with Crippen LogP contribution >= 0.6 is 24.0 Å². The van der Waals surface area contributed by atoms with E-state index in [1.165, 1.54) is 0 Å². The summed E-state index contributed by atoms with van der Waals surface area (Å²) in [6.45, 7) is 5.06. The van der Waals surface area contributed by atoms with Gasteiger partial charge in [0.25, 0.3) is 5.91 Å². The average molecular weight is 491 g/mol. The minimum atomic E-state index is -0.132. The highest BCUT2D eigenvalue weighted by Gasteiger charge is 2.15. The fourth-order valence-corrected chi connectivity index (χ4v) is 2.52. The molecule has 1 saturated heterocycles. The number of aliphatic imine (C=N–C) groups is 1. The first-order valence-electron chi connectivity index (χ1n) is 9.08. The number of nitrogens with zero attached hydrogens (tertiary/aromatic N) is 2. The third kappa shape index (κ3) is 9.87. The van der Waals surface area contributed by atoms with Gasteiger partial charge in [-0.25, -0.2) is 0 Å². The number of nitrogens with one attached hydrogen (secondary N) is 3. The molecule has 0 aliphatic carbocycles. The molecule has 1 unspecified atom stereocenters. The molecule has 9 heteroatoms. The van der Waals surface area contributed by atoms with Crippen LogP contribution in [0.5, 0.6) is 0 Å². The van der Waals surface area contributed by atoms with Crippen LogP contribution in [0, 0.1) is 5.92 Å². The summed E-state index contributed by atoms with van der Waals surface area (Å²) in [6.07, 6.45) is 5.20. The number of rotatable bonds is 10. The van der Waals surface area contributed by atoms with Gasteiger partial charge in [-0.05, 0) is 25.0 Å². The molecule has 0 spiro atoms. The van der Waals surface area contributed by atoms with Crippen LogP contribution in [0.15, 0.2) is 29.5 Å². The molecule has 2 rings (SSSR count). The van der Waals surface area contributed by atoms with Crippen LogP contribution in [0.4, 0.5) is 0 Å². The summed E-state index contributed by atoms with van der Waals surface area (Å²) in [5, 5.41) is 9.23. The van der Waals surface area contributed by atoms with Crippen molar-refractivity contribution >= 4 is 35.8 Å². The van der Waals surface area contributed by atoms with E-state index in [-0.39, 0.29) is 29.9 Å². The summed E-state index contributed by atoms with van der Waals surface area (Å²) in [4.78, 5) is 20.0. The standard InChI is InChI=1S/C18H29N5O3.HI/c1-19-18(22-7-3-10-25-13-15-5-11-26-14-15)23-9-8-21-17(24)16-4-2-6-20-12-16;/h2,4,6,12,15H,3,5,7-11,13-14H2,1H3,(H,21,24)(H2,19,22,23);1H. The lowest BCUT2D eigenvalue weighted by molar-refractivity contribution is 0.0887. The second-order valence-corrected chi connectivity index (χ2v) is 6.08. The molecular formula is C18H30IN5O3. The number of halogens is 1. The summed E-state index contributed by atoms with van der Waals surface area (Å²) in [7, 11) is 1.72. The third-order valence-corrected chi connectivity index (χ3v) is 3.99. The highest BCUT2D eigenvalue weighted by molar-refractivity contribution is 14.0. The van der Waals surface area contributed by atoms with Gasteiger partial charge >= 0.3 is 0 Å². The van der Waals surface area contributed by atoms with E-state index in [4.69, 9.17) is 9.47 Å². The lowest BCUT2D eigenvalue weighted by Crippen LogP contribution is -2.42. The number of ether oxygens (including phenoxy) is 2. The summed E-state index contributed by atoms with van der Waals surface area (Å²) in [6, 6.07) is 3.47. The molecule has 0 bridgehead atoms. The number of hydrogen-bond acceptors (Lipinski definition) is 5. The van der Waals surface area contributed by atoms with Crippen LogP contribution < -0.4 is 16.0 Å². The first-order valence-corrected chi connectivity index (χ1v) is 9.08. The molecule has 0 radical (unpaired) electrons. The average Bonchev–Trinajstić information content (AvgIpc) is 3.20. The topological polar surface area (TPSA) is 96.9 Å². The maximum Gasteiger partial charge on any atom is 0.252 e. The summed E-state index contributed by atoms with van der Waals surface area (Å²) in [5.41, 5.74) is 0.555. The molecule has 1 fully saturated rings. The van der Waals surface area contributed by atoms with Crippen molar-refractivity contribution in [1.29, 1.82) is 0 Å². The van der Waals surface area contributed by atoms with Gasteiger partial charge in [-0.3, -0.25) is 14.8 Å². The normalized spacial score (nSPS) is 16.5. The van der Waals surface area contributed by atoms with Crippen LogP contribution in [0.2, 0.25) is 0 Å². The lowest BCUT2D eigenvalue weighted by atomic mass is 10.1. The van der Waals surface area contributed by atoms with Crippen molar-refractivity contribution in [3.63, 3.8) is 0 Å². The molecule has 1 aliphatic rings. The minimum Gasteiger partial charge on any atom is -0.381 e. The van der Waals surface area contributed by atoms with E-state index in [1.807, 2.05) is 0 Å². The molecule has 0 saturated carbocycles.